The molecule has 0 rings (SSSR count). The predicted octanol–water partition coefficient (Wildman–Crippen LogP) is 0.227. The highest BCUT2D eigenvalue weighted by Crippen LogP contribution is 1.96. The maximum atomic E-state index is 8.64. The molecule has 0 aliphatic heterocycles. The van der Waals surface area contributed by atoms with Gasteiger partial charge in [-0.05, 0) is 0 Å². The van der Waals surface area contributed by atoms with Crippen LogP contribution in [0.5, 0.6) is 0 Å². The van der Waals surface area contributed by atoms with E-state index in [1.807, 2.05) is 0 Å². The molecule has 0 atom stereocenters. The Bertz CT molecular complexity index is 620. The maximum absolute atomic E-state index is 8.64. The molecule has 8 heteroatoms. The third-order valence-electron chi connectivity index (χ3n) is 1.41. The standard InChI is InChI=1S/C10H2N8/c11-1-7(2-12)9(5-15)17-18-10(6-16)8(3-13)4-14/h11,13H. The molecule has 0 heterocycles. The Morgan fingerprint density at radius 2 is 1.00 bits per heavy atom. The van der Waals surface area contributed by atoms with Crippen LogP contribution in [0.25, 0.3) is 0 Å². The van der Waals surface area contributed by atoms with E-state index in [2.05, 4.69) is 10.2 Å². The van der Waals surface area contributed by atoms with Crippen molar-refractivity contribution in [2.75, 3.05) is 0 Å². The van der Waals surface area contributed by atoms with Crippen LogP contribution in [0.1, 0.15) is 0 Å². The minimum absolute atomic E-state index is 0.462. The Morgan fingerprint density at radius 3 is 1.17 bits per heavy atom. The van der Waals surface area contributed by atoms with Gasteiger partial charge in [-0.15, -0.1) is 10.2 Å². The molecule has 0 spiro atoms. The van der Waals surface area contributed by atoms with Crippen LogP contribution < -0.4 is 0 Å². The average Bonchev–Trinajstić information content (AvgIpc) is 2.42. The molecule has 0 bridgehead atoms. The van der Waals surface area contributed by atoms with Gasteiger partial charge in [-0.1, -0.05) is 0 Å². The zero-order valence-electron chi connectivity index (χ0n) is 8.68. The van der Waals surface area contributed by atoms with Gasteiger partial charge in [0.1, 0.15) is 24.3 Å². The summed E-state index contributed by atoms with van der Waals surface area (Å²) in [6.07, 6.45) is 0. The molecule has 0 saturated carbocycles. The van der Waals surface area contributed by atoms with Gasteiger partial charge in [-0.3, -0.25) is 10.8 Å². The second kappa shape index (κ2) is 7.49. The van der Waals surface area contributed by atoms with Gasteiger partial charge in [-0.2, -0.15) is 21.0 Å². The number of allylic oxidation sites excluding steroid dienone is 2. The summed E-state index contributed by atoms with van der Waals surface area (Å²) in [4.78, 5) is 0. The monoisotopic (exact) mass is 234 g/mol. The number of rotatable bonds is 3. The Morgan fingerprint density at radius 1 is 0.667 bits per heavy atom. The van der Waals surface area contributed by atoms with E-state index in [0.717, 1.165) is 0 Å². The van der Waals surface area contributed by atoms with Crippen molar-refractivity contribution < 1.29 is 0 Å². The topological polar surface area (TPSA) is 168 Å². The number of hydrogen-bond acceptors (Lipinski definition) is 8. The van der Waals surface area contributed by atoms with Gasteiger partial charge < -0.3 is 0 Å². The normalized spacial score (nSPS) is 9.56. The quantitative estimate of drug-likeness (QED) is 0.405. The second-order valence-electron chi connectivity index (χ2n) is 2.34. The van der Waals surface area contributed by atoms with E-state index in [-0.39, 0.29) is 0 Å². The summed E-state index contributed by atoms with van der Waals surface area (Å²) in [6, 6.07) is 5.96. The summed E-state index contributed by atoms with van der Waals surface area (Å²) < 4.78 is 0. The molecule has 0 aliphatic rings. The summed E-state index contributed by atoms with van der Waals surface area (Å²) in [6.45, 7) is 0. The van der Waals surface area contributed by atoms with Crippen molar-refractivity contribution in [2.24, 2.45) is 10.2 Å². The van der Waals surface area contributed by atoms with Gasteiger partial charge in [0, 0.05) is 11.7 Å². The first-order chi connectivity index (χ1) is 8.68. The largest absolute Gasteiger partial charge is 0.257 e. The van der Waals surface area contributed by atoms with E-state index >= 15 is 0 Å². The molecule has 0 fully saturated rings. The van der Waals surface area contributed by atoms with Crippen molar-refractivity contribution in [3.05, 3.63) is 11.1 Å². The summed E-state index contributed by atoms with van der Waals surface area (Å²) >= 11 is 0. The third-order valence-corrected chi connectivity index (χ3v) is 1.41. The molecule has 0 aromatic carbocycles. The summed E-state index contributed by atoms with van der Waals surface area (Å²) in [5.41, 5.74) is -1.98. The molecule has 8 nitrogen and oxygen atoms in total. The highest BCUT2D eigenvalue weighted by Gasteiger charge is 2.08. The lowest BCUT2D eigenvalue weighted by Crippen LogP contribution is -2.01. The fourth-order valence-electron chi connectivity index (χ4n) is 0.637. The molecule has 0 aliphatic carbocycles. The number of nitriles is 4. The van der Waals surface area contributed by atoms with E-state index in [0.29, 0.717) is 0 Å². The van der Waals surface area contributed by atoms with Crippen LogP contribution in [0.15, 0.2) is 21.3 Å². The zero-order valence-corrected chi connectivity index (χ0v) is 8.68. The van der Waals surface area contributed by atoms with Crippen molar-refractivity contribution in [1.29, 1.82) is 31.9 Å². The van der Waals surface area contributed by atoms with Gasteiger partial charge in [0.2, 0.25) is 0 Å². The predicted molar refractivity (Wildman–Crippen MR) is 59.8 cm³/mol. The molecule has 0 unspecified atom stereocenters. The Labute approximate surface area is 101 Å². The first-order valence-corrected chi connectivity index (χ1v) is 4.04. The molecule has 0 aromatic heterocycles. The Hall–Kier alpha value is -3.80. The zero-order chi connectivity index (χ0) is 14.0. The van der Waals surface area contributed by atoms with Crippen LogP contribution in [0.3, 0.4) is 0 Å². The molecular weight excluding hydrogens is 232 g/mol. The van der Waals surface area contributed by atoms with Crippen molar-refractivity contribution in [3.8, 4) is 24.3 Å². The fourth-order valence-corrected chi connectivity index (χ4v) is 0.637. The van der Waals surface area contributed by atoms with Crippen LogP contribution in [0, 0.1) is 56.1 Å². The van der Waals surface area contributed by atoms with Crippen molar-refractivity contribution >= 4 is 23.2 Å². The van der Waals surface area contributed by atoms with Gasteiger partial charge in [-0.25, -0.2) is 0 Å². The summed E-state index contributed by atoms with van der Waals surface area (Å²) in [7, 11) is 0. The highest BCUT2D eigenvalue weighted by molar-refractivity contribution is 6.21. The average molecular weight is 234 g/mol. The smallest absolute Gasteiger partial charge is 0.190 e. The number of nitrogens with zero attached hydrogens (tertiary/aromatic N) is 6. The van der Waals surface area contributed by atoms with Crippen LogP contribution in [0.2, 0.25) is 0 Å². The lowest BCUT2D eigenvalue weighted by molar-refractivity contribution is 1.24. The first kappa shape index (κ1) is 14.2. The highest BCUT2D eigenvalue weighted by atomic mass is 15.2. The first-order valence-electron chi connectivity index (χ1n) is 4.04. The number of hydrogen-bond donors (Lipinski definition) is 2. The molecule has 0 aromatic rings. The summed E-state index contributed by atoms with van der Waals surface area (Å²) in [5, 5.41) is 54.3. The van der Waals surface area contributed by atoms with Gasteiger partial charge in [0.25, 0.3) is 0 Å². The Balaban J connectivity index is 5.75. The van der Waals surface area contributed by atoms with Crippen LogP contribution in [0.4, 0.5) is 0 Å². The van der Waals surface area contributed by atoms with Crippen LogP contribution >= 0.6 is 0 Å². The van der Waals surface area contributed by atoms with Crippen molar-refractivity contribution in [2.45, 2.75) is 0 Å². The lowest BCUT2D eigenvalue weighted by Gasteiger charge is -1.88. The number of nitrogens with one attached hydrogen (secondary N) is 2. The van der Waals surface area contributed by atoms with E-state index < -0.39 is 22.6 Å². The van der Waals surface area contributed by atoms with E-state index in [1.54, 1.807) is 11.7 Å². The fraction of sp³-hybridized carbons (Fsp3) is 0. The van der Waals surface area contributed by atoms with Gasteiger partial charge in [0.15, 0.2) is 22.6 Å². The van der Waals surface area contributed by atoms with Crippen molar-refractivity contribution in [1.82, 2.24) is 0 Å². The van der Waals surface area contributed by atoms with E-state index in [9.17, 15) is 0 Å². The van der Waals surface area contributed by atoms with Gasteiger partial charge in [0.05, 0.1) is 0 Å². The van der Waals surface area contributed by atoms with E-state index in [1.165, 1.54) is 24.3 Å². The van der Waals surface area contributed by atoms with E-state index in [4.69, 9.17) is 31.9 Å². The maximum Gasteiger partial charge on any atom is 0.190 e. The molecule has 2 N–H and O–H groups in total. The van der Waals surface area contributed by atoms with Crippen molar-refractivity contribution in [3.63, 3.8) is 0 Å². The molecule has 0 amide bonds. The van der Waals surface area contributed by atoms with Crippen LogP contribution in [-0.4, -0.2) is 23.2 Å². The van der Waals surface area contributed by atoms with Crippen LogP contribution in [-0.2, 0) is 0 Å². The third kappa shape index (κ3) is 3.41. The minimum Gasteiger partial charge on any atom is -0.257 e. The molecular formula is C10H2N8. The lowest BCUT2D eigenvalue weighted by atomic mass is 10.2. The molecule has 82 valence electrons. The van der Waals surface area contributed by atoms with Gasteiger partial charge >= 0.3 is 0 Å². The molecule has 0 radical (unpaired) electrons. The Kier molecular flexibility index (Phi) is 5.91. The SMILES string of the molecule is N#CC(=C=N)C(C#N)=NN=C(C#N)C(=C=N)C#N. The molecule has 0 saturated heterocycles. The molecule has 18 heavy (non-hydrogen) atoms. The second-order valence-corrected chi connectivity index (χ2v) is 2.34. The summed E-state index contributed by atoms with van der Waals surface area (Å²) in [5.74, 6) is 3.35. The minimum atomic E-state index is -0.525.